The molecule has 2 heterocycles. The van der Waals surface area contributed by atoms with Gasteiger partial charge in [0, 0.05) is 15.8 Å². The van der Waals surface area contributed by atoms with E-state index in [1.165, 1.54) is 20.0 Å². The third-order valence-corrected chi connectivity index (χ3v) is 5.93. The number of thiophene rings is 1. The Morgan fingerprint density at radius 1 is 1.05 bits per heavy atom. The second-order valence-electron chi connectivity index (χ2n) is 5.50. The summed E-state index contributed by atoms with van der Waals surface area (Å²) < 4.78 is 1.26. The molecule has 2 aromatic heterocycles. The van der Waals surface area contributed by atoms with E-state index in [1.54, 1.807) is 11.3 Å². The van der Waals surface area contributed by atoms with Crippen LogP contribution in [0.3, 0.4) is 0 Å². The molecule has 3 aromatic rings. The molecule has 0 saturated carbocycles. The lowest BCUT2D eigenvalue weighted by Gasteiger charge is -2.18. The molecule has 2 nitrogen and oxygen atoms in total. The van der Waals surface area contributed by atoms with Crippen LogP contribution in [-0.4, -0.2) is 4.98 Å². The third-order valence-electron chi connectivity index (χ3n) is 3.73. The monoisotopic (exact) mass is 316 g/mol. The van der Waals surface area contributed by atoms with Crippen LogP contribution in [0.5, 0.6) is 0 Å². The van der Waals surface area contributed by atoms with E-state index in [9.17, 15) is 0 Å². The van der Waals surface area contributed by atoms with Gasteiger partial charge in [0.25, 0.3) is 0 Å². The van der Waals surface area contributed by atoms with Crippen LogP contribution in [0.1, 0.15) is 46.3 Å². The molecule has 0 aliphatic rings. The van der Waals surface area contributed by atoms with Crippen LogP contribution >= 0.6 is 22.7 Å². The van der Waals surface area contributed by atoms with Crippen molar-refractivity contribution in [2.45, 2.75) is 39.8 Å². The number of aromatic nitrogens is 1. The Labute approximate surface area is 133 Å². The standard InChI is InChI=1S/C17H20N2S2/c1-10-9-14(13(4)20-10)11(2)18-12(3)17-19-15-7-5-6-8-16(15)21-17/h5-9,11-12,18H,1-4H3. The Morgan fingerprint density at radius 3 is 2.48 bits per heavy atom. The molecule has 0 aliphatic heterocycles. The van der Waals surface area contributed by atoms with E-state index in [0.717, 1.165) is 10.5 Å². The number of para-hydroxylation sites is 1. The molecule has 1 N–H and O–H groups in total. The fraction of sp³-hybridized carbons (Fsp3) is 0.353. The molecule has 4 heteroatoms. The van der Waals surface area contributed by atoms with E-state index in [0.29, 0.717) is 6.04 Å². The predicted octanol–water partition coefficient (Wildman–Crippen LogP) is 5.39. The van der Waals surface area contributed by atoms with Gasteiger partial charge in [-0.15, -0.1) is 22.7 Å². The molecule has 3 rings (SSSR count). The van der Waals surface area contributed by atoms with Crippen LogP contribution < -0.4 is 5.32 Å². The average Bonchev–Trinajstić information content (AvgIpc) is 3.01. The quantitative estimate of drug-likeness (QED) is 0.698. The first-order chi connectivity index (χ1) is 10.0. The smallest absolute Gasteiger partial charge is 0.111 e. The fourth-order valence-electron chi connectivity index (χ4n) is 2.69. The lowest BCUT2D eigenvalue weighted by molar-refractivity contribution is 0.493. The maximum atomic E-state index is 4.75. The molecule has 1 aromatic carbocycles. The van der Waals surface area contributed by atoms with E-state index >= 15 is 0 Å². The van der Waals surface area contributed by atoms with Crippen LogP contribution in [-0.2, 0) is 0 Å². The van der Waals surface area contributed by atoms with Crippen LogP contribution in [0, 0.1) is 13.8 Å². The number of hydrogen-bond acceptors (Lipinski definition) is 4. The molecular formula is C17H20N2S2. The topological polar surface area (TPSA) is 24.9 Å². The molecule has 0 fully saturated rings. The Balaban J connectivity index is 1.79. The molecule has 21 heavy (non-hydrogen) atoms. The number of fused-ring (bicyclic) bond motifs is 1. The summed E-state index contributed by atoms with van der Waals surface area (Å²) in [5.41, 5.74) is 2.51. The second kappa shape index (κ2) is 5.87. The van der Waals surface area contributed by atoms with Crippen molar-refractivity contribution in [1.82, 2.24) is 10.3 Å². The van der Waals surface area contributed by atoms with Crippen molar-refractivity contribution in [2.24, 2.45) is 0 Å². The Kier molecular flexibility index (Phi) is 4.11. The van der Waals surface area contributed by atoms with Gasteiger partial charge in [0.2, 0.25) is 0 Å². The minimum absolute atomic E-state index is 0.261. The maximum absolute atomic E-state index is 4.75. The van der Waals surface area contributed by atoms with E-state index in [1.807, 2.05) is 17.4 Å². The zero-order valence-electron chi connectivity index (χ0n) is 12.8. The Morgan fingerprint density at radius 2 is 1.81 bits per heavy atom. The minimum Gasteiger partial charge on any atom is -0.301 e. The third kappa shape index (κ3) is 3.03. The summed E-state index contributed by atoms with van der Waals surface area (Å²) in [7, 11) is 0. The summed E-state index contributed by atoms with van der Waals surface area (Å²) in [6.07, 6.45) is 0. The number of nitrogens with one attached hydrogen (secondary N) is 1. The molecule has 2 unspecified atom stereocenters. The second-order valence-corrected chi connectivity index (χ2v) is 8.02. The van der Waals surface area contributed by atoms with Gasteiger partial charge in [-0.2, -0.15) is 0 Å². The van der Waals surface area contributed by atoms with Gasteiger partial charge >= 0.3 is 0 Å². The molecule has 0 spiro atoms. The van der Waals surface area contributed by atoms with Crippen molar-refractivity contribution < 1.29 is 0 Å². The summed E-state index contributed by atoms with van der Waals surface area (Å²) >= 11 is 3.65. The van der Waals surface area contributed by atoms with E-state index in [-0.39, 0.29) is 6.04 Å². The Hall–Kier alpha value is -1.23. The lowest BCUT2D eigenvalue weighted by Crippen LogP contribution is -2.22. The zero-order chi connectivity index (χ0) is 15.0. The van der Waals surface area contributed by atoms with Gasteiger partial charge in [0.15, 0.2) is 0 Å². The van der Waals surface area contributed by atoms with E-state index < -0.39 is 0 Å². The average molecular weight is 316 g/mol. The number of thiazole rings is 1. The fourth-order valence-corrected chi connectivity index (χ4v) is 4.69. The van der Waals surface area contributed by atoms with Crippen molar-refractivity contribution >= 4 is 32.9 Å². The molecule has 2 atom stereocenters. The zero-order valence-corrected chi connectivity index (χ0v) is 14.4. The lowest BCUT2D eigenvalue weighted by atomic mass is 10.1. The van der Waals surface area contributed by atoms with E-state index in [4.69, 9.17) is 4.98 Å². The number of aryl methyl sites for hydroxylation is 2. The molecule has 0 amide bonds. The van der Waals surface area contributed by atoms with Crippen molar-refractivity contribution in [3.63, 3.8) is 0 Å². The summed E-state index contributed by atoms with van der Waals surface area (Å²) in [4.78, 5) is 7.53. The summed E-state index contributed by atoms with van der Waals surface area (Å²) in [6.45, 7) is 8.81. The number of hydrogen-bond donors (Lipinski definition) is 1. The van der Waals surface area contributed by atoms with Crippen molar-refractivity contribution in [3.05, 3.63) is 50.7 Å². The molecule has 110 valence electrons. The molecule has 0 radical (unpaired) electrons. The predicted molar refractivity (Wildman–Crippen MR) is 93.4 cm³/mol. The highest BCUT2D eigenvalue weighted by Gasteiger charge is 2.17. The van der Waals surface area contributed by atoms with Gasteiger partial charge < -0.3 is 5.32 Å². The Bertz CT molecular complexity index is 724. The molecule has 0 saturated heterocycles. The summed E-state index contributed by atoms with van der Waals surface area (Å²) in [5.74, 6) is 0. The van der Waals surface area contributed by atoms with Gasteiger partial charge in [0.05, 0.1) is 16.3 Å². The first-order valence-corrected chi connectivity index (χ1v) is 8.86. The first kappa shape index (κ1) is 14.7. The van der Waals surface area contributed by atoms with Crippen LogP contribution in [0.2, 0.25) is 0 Å². The van der Waals surface area contributed by atoms with E-state index in [2.05, 4.69) is 57.3 Å². The minimum atomic E-state index is 0.261. The van der Waals surface area contributed by atoms with Crippen molar-refractivity contribution in [1.29, 1.82) is 0 Å². The first-order valence-electron chi connectivity index (χ1n) is 7.23. The molecular weight excluding hydrogens is 296 g/mol. The summed E-state index contributed by atoms with van der Waals surface area (Å²) in [5, 5.41) is 4.84. The van der Waals surface area contributed by atoms with Crippen molar-refractivity contribution in [3.8, 4) is 0 Å². The van der Waals surface area contributed by atoms with Crippen LogP contribution in [0.25, 0.3) is 10.2 Å². The van der Waals surface area contributed by atoms with Crippen molar-refractivity contribution in [2.75, 3.05) is 0 Å². The van der Waals surface area contributed by atoms with Crippen LogP contribution in [0.4, 0.5) is 0 Å². The van der Waals surface area contributed by atoms with Gasteiger partial charge in [-0.25, -0.2) is 4.98 Å². The number of nitrogens with zero attached hydrogens (tertiary/aromatic N) is 1. The molecule has 0 aliphatic carbocycles. The largest absolute Gasteiger partial charge is 0.301 e. The maximum Gasteiger partial charge on any atom is 0.111 e. The number of rotatable bonds is 4. The van der Waals surface area contributed by atoms with Gasteiger partial charge in [-0.1, -0.05) is 12.1 Å². The number of benzene rings is 1. The molecule has 0 bridgehead atoms. The normalized spacial score (nSPS) is 14.5. The SMILES string of the molecule is Cc1cc(C(C)NC(C)c2nc3ccccc3s2)c(C)s1. The summed E-state index contributed by atoms with van der Waals surface area (Å²) in [6, 6.07) is 11.2. The van der Waals surface area contributed by atoms with Gasteiger partial charge in [-0.05, 0) is 51.5 Å². The van der Waals surface area contributed by atoms with Gasteiger partial charge in [-0.3, -0.25) is 0 Å². The highest BCUT2D eigenvalue weighted by molar-refractivity contribution is 7.18. The van der Waals surface area contributed by atoms with Gasteiger partial charge in [0.1, 0.15) is 5.01 Å². The highest BCUT2D eigenvalue weighted by Crippen LogP contribution is 2.30. The van der Waals surface area contributed by atoms with Crippen LogP contribution in [0.15, 0.2) is 30.3 Å². The highest BCUT2D eigenvalue weighted by atomic mass is 32.1.